The highest BCUT2D eigenvalue weighted by atomic mass is 35.5. The van der Waals surface area contributed by atoms with Crippen molar-refractivity contribution in [3.8, 4) is 0 Å². The molecule has 2 amide bonds. The van der Waals surface area contributed by atoms with Crippen molar-refractivity contribution in [2.45, 2.75) is 31.2 Å². The molecule has 2 rings (SSSR count). The van der Waals surface area contributed by atoms with Gasteiger partial charge in [0.05, 0.1) is 12.0 Å². The van der Waals surface area contributed by atoms with E-state index in [0.29, 0.717) is 19.5 Å². The van der Waals surface area contributed by atoms with Crippen LogP contribution in [0.4, 0.5) is 0 Å². The number of carboxylic acids is 1. The number of carbonyl (C=O) groups is 3. The van der Waals surface area contributed by atoms with E-state index >= 15 is 0 Å². The number of halogens is 1. The van der Waals surface area contributed by atoms with Gasteiger partial charge in [0.15, 0.2) is 0 Å². The first-order valence-electron chi connectivity index (χ1n) is 6.35. The largest absolute Gasteiger partial charge is 0.481 e. The van der Waals surface area contributed by atoms with Gasteiger partial charge >= 0.3 is 5.97 Å². The lowest BCUT2D eigenvalue weighted by atomic mass is 10.1. The molecule has 2 saturated heterocycles. The molecule has 2 heterocycles. The van der Waals surface area contributed by atoms with Crippen molar-refractivity contribution < 1.29 is 19.5 Å². The smallest absolute Gasteiger partial charge is 0.308 e. The van der Waals surface area contributed by atoms with Gasteiger partial charge in [0.25, 0.3) is 0 Å². The van der Waals surface area contributed by atoms with Gasteiger partial charge in [-0.2, -0.15) is 0 Å². The maximum atomic E-state index is 11.8. The SMILES string of the molecule is CC(Cl)C(=O)N1CCC(N2CC(C(=O)O)CC2=O)C1. The summed E-state index contributed by atoms with van der Waals surface area (Å²) in [5.74, 6) is -1.82. The van der Waals surface area contributed by atoms with Crippen molar-refractivity contribution in [1.82, 2.24) is 9.80 Å². The molecular formula is C12H17ClN2O4. The Morgan fingerprint density at radius 2 is 2.11 bits per heavy atom. The van der Waals surface area contributed by atoms with E-state index in [2.05, 4.69) is 0 Å². The topological polar surface area (TPSA) is 77.9 Å². The molecule has 7 heteroatoms. The second-order valence-corrected chi connectivity index (χ2v) is 5.78. The third-order valence-electron chi connectivity index (χ3n) is 3.76. The zero-order valence-electron chi connectivity index (χ0n) is 10.7. The van der Waals surface area contributed by atoms with Crippen LogP contribution in [-0.4, -0.2) is 63.7 Å². The first kappa shape index (κ1) is 14.1. The van der Waals surface area contributed by atoms with Gasteiger partial charge in [0.2, 0.25) is 11.8 Å². The molecule has 6 nitrogen and oxygen atoms in total. The van der Waals surface area contributed by atoms with Crippen LogP contribution in [0.3, 0.4) is 0 Å². The summed E-state index contributed by atoms with van der Waals surface area (Å²) >= 11 is 5.76. The molecule has 2 aliphatic rings. The van der Waals surface area contributed by atoms with Crippen molar-refractivity contribution in [1.29, 1.82) is 0 Å². The highest BCUT2D eigenvalue weighted by Crippen LogP contribution is 2.25. The van der Waals surface area contributed by atoms with Crippen LogP contribution in [0.2, 0.25) is 0 Å². The van der Waals surface area contributed by atoms with Crippen LogP contribution in [0.1, 0.15) is 19.8 Å². The summed E-state index contributed by atoms with van der Waals surface area (Å²) < 4.78 is 0. The third-order valence-corrected chi connectivity index (χ3v) is 3.95. The van der Waals surface area contributed by atoms with Crippen LogP contribution in [0.15, 0.2) is 0 Å². The van der Waals surface area contributed by atoms with Crippen LogP contribution < -0.4 is 0 Å². The van der Waals surface area contributed by atoms with Crippen molar-refractivity contribution >= 4 is 29.4 Å². The lowest BCUT2D eigenvalue weighted by Crippen LogP contribution is -2.41. The highest BCUT2D eigenvalue weighted by Gasteiger charge is 2.41. The van der Waals surface area contributed by atoms with E-state index in [1.807, 2.05) is 0 Å². The number of likely N-dealkylation sites (tertiary alicyclic amines) is 2. The zero-order valence-corrected chi connectivity index (χ0v) is 11.5. The summed E-state index contributed by atoms with van der Waals surface area (Å²) in [6, 6.07) is -0.0729. The monoisotopic (exact) mass is 288 g/mol. The molecule has 0 aliphatic carbocycles. The molecule has 0 aromatic heterocycles. The molecule has 1 N–H and O–H groups in total. The van der Waals surface area contributed by atoms with Gasteiger partial charge in [0, 0.05) is 26.1 Å². The second-order valence-electron chi connectivity index (χ2n) is 5.13. The summed E-state index contributed by atoms with van der Waals surface area (Å²) in [4.78, 5) is 37.7. The summed E-state index contributed by atoms with van der Waals surface area (Å²) in [7, 11) is 0. The van der Waals surface area contributed by atoms with Crippen LogP contribution >= 0.6 is 11.6 Å². The van der Waals surface area contributed by atoms with Gasteiger partial charge < -0.3 is 14.9 Å². The molecule has 2 aliphatic heterocycles. The van der Waals surface area contributed by atoms with E-state index in [1.54, 1.807) is 16.7 Å². The molecule has 0 spiro atoms. The molecule has 0 aromatic rings. The zero-order chi connectivity index (χ0) is 14.2. The number of nitrogens with zero attached hydrogens (tertiary/aromatic N) is 2. The Morgan fingerprint density at radius 1 is 1.42 bits per heavy atom. The van der Waals surface area contributed by atoms with Crippen molar-refractivity contribution in [2.75, 3.05) is 19.6 Å². The van der Waals surface area contributed by atoms with Crippen LogP contribution in [-0.2, 0) is 14.4 Å². The molecule has 19 heavy (non-hydrogen) atoms. The van der Waals surface area contributed by atoms with Gasteiger partial charge in [-0.05, 0) is 13.3 Å². The maximum absolute atomic E-state index is 11.8. The molecular weight excluding hydrogens is 272 g/mol. The molecule has 3 unspecified atom stereocenters. The summed E-state index contributed by atoms with van der Waals surface area (Å²) in [5.41, 5.74) is 0. The summed E-state index contributed by atoms with van der Waals surface area (Å²) in [5, 5.41) is 8.37. The predicted octanol–water partition coefficient (Wildman–Crippen LogP) is 0.148. The second kappa shape index (κ2) is 5.36. The number of hydrogen-bond donors (Lipinski definition) is 1. The van der Waals surface area contributed by atoms with E-state index in [-0.39, 0.29) is 30.8 Å². The predicted molar refractivity (Wildman–Crippen MR) is 67.8 cm³/mol. The Kier molecular flexibility index (Phi) is 3.99. The minimum atomic E-state index is -0.934. The fourth-order valence-corrected chi connectivity index (χ4v) is 2.84. The minimum absolute atomic E-state index is 0.0612. The fourth-order valence-electron chi connectivity index (χ4n) is 2.70. The average Bonchev–Trinajstić information content (AvgIpc) is 2.93. The van der Waals surface area contributed by atoms with Gasteiger partial charge in [-0.25, -0.2) is 0 Å². The fraction of sp³-hybridized carbons (Fsp3) is 0.750. The van der Waals surface area contributed by atoms with E-state index < -0.39 is 17.3 Å². The summed E-state index contributed by atoms with van der Waals surface area (Å²) in [6.45, 7) is 2.89. The molecule has 2 fully saturated rings. The van der Waals surface area contributed by atoms with E-state index in [4.69, 9.17) is 16.7 Å². The Balaban J connectivity index is 1.96. The van der Waals surface area contributed by atoms with Gasteiger partial charge in [-0.3, -0.25) is 14.4 Å². The van der Waals surface area contributed by atoms with Gasteiger partial charge in [0.1, 0.15) is 5.38 Å². The van der Waals surface area contributed by atoms with Crippen LogP contribution in [0.5, 0.6) is 0 Å². The van der Waals surface area contributed by atoms with Crippen molar-refractivity contribution in [2.24, 2.45) is 5.92 Å². The summed E-state index contributed by atoms with van der Waals surface area (Å²) in [6.07, 6.45) is 0.749. The van der Waals surface area contributed by atoms with Crippen LogP contribution in [0.25, 0.3) is 0 Å². The van der Waals surface area contributed by atoms with Gasteiger partial charge in [-0.15, -0.1) is 11.6 Å². The Bertz CT molecular complexity index is 413. The number of carbonyl (C=O) groups excluding carboxylic acids is 2. The molecule has 0 saturated carbocycles. The first-order chi connectivity index (χ1) is 8.90. The van der Waals surface area contributed by atoms with E-state index in [9.17, 15) is 14.4 Å². The highest BCUT2D eigenvalue weighted by molar-refractivity contribution is 6.30. The molecule has 0 aromatic carbocycles. The third kappa shape index (κ3) is 2.83. The molecule has 106 valence electrons. The first-order valence-corrected chi connectivity index (χ1v) is 6.79. The number of aliphatic carboxylic acids is 1. The molecule has 3 atom stereocenters. The number of rotatable bonds is 3. The van der Waals surface area contributed by atoms with E-state index in [1.165, 1.54) is 0 Å². The standard InChI is InChI=1S/C12H17ClN2O4/c1-7(13)11(17)14-3-2-9(6-14)15-5-8(12(18)19)4-10(15)16/h7-9H,2-6H2,1H3,(H,18,19). The Morgan fingerprint density at radius 3 is 2.63 bits per heavy atom. The lowest BCUT2D eigenvalue weighted by molar-refractivity contribution is -0.141. The number of hydrogen-bond acceptors (Lipinski definition) is 3. The van der Waals surface area contributed by atoms with Crippen molar-refractivity contribution in [3.63, 3.8) is 0 Å². The normalized spacial score (nSPS) is 28.8. The number of carboxylic acid groups (broad SMARTS) is 1. The van der Waals surface area contributed by atoms with E-state index in [0.717, 1.165) is 0 Å². The minimum Gasteiger partial charge on any atom is -0.481 e. The average molecular weight is 289 g/mol. The molecule has 0 radical (unpaired) electrons. The maximum Gasteiger partial charge on any atom is 0.308 e. The Hall–Kier alpha value is -1.30. The van der Waals surface area contributed by atoms with Crippen molar-refractivity contribution in [3.05, 3.63) is 0 Å². The molecule has 0 bridgehead atoms. The Labute approximate surface area is 116 Å². The number of amides is 2. The lowest BCUT2D eigenvalue weighted by Gasteiger charge is -2.24. The van der Waals surface area contributed by atoms with Gasteiger partial charge in [-0.1, -0.05) is 0 Å². The number of alkyl halides is 1. The van der Waals surface area contributed by atoms with Crippen LogP contribution in [0, 0.1) is 5.92 Å². The quantitative estimate of drug-likeness (QED) is 0.750.